The van der Waals surface area contributed by atoms with E-state index >= 15 is 0 Å². The number of nitrogens with zero attached hydrogens (tertiary/aromatic N) is 4. The summed E-state index contributed by atoms with van der Waals surface area (Å²) in [5, 5.41) is 3.22. The molecular formula is C24H27N5O2. The van der Waals surface area contributed by atoms with Gasteiger partial charge in [0.2, 0.25) is 11.9 Å². The molecule has 1 N–H and O–H groups in total. The fourth-order valence-electron chi connectivity index (χ4n) is 3.77. The zero-order valence-electron chi connectivity index (χ0n) is 17.6. The first-order valence-corrected chi connectivity index (χ1v) is 10.5. The lowest BCUT2D eigenvalue weighted by molar-refractivity contribution is -0.122. The van der Waals surface area contributed by atoms with Crippen molar-refractivity contribution in [3.05, 3.63) is 84.2 Å². The molecule has 0 spiro atoms. The molecule has 1 aliphatic rings. The van der Waals surface area contributed by atoms with Crippen LogP contribution < -0.4 is 15.0 Å². The SMILES string of the molecule is COc1ccc([C@@H](NC(=O)CN2CCN(c3ncccn3)CC2)c2ccccc2)cc1. The maximum Gasteiger partial charge on any atom is 0.234 e. The van der Waals surface area contributed by atoms with Crippen molar-refractivity contribution in [2.45, 2.75) is 6.04 Å². The average Bonchev–Trinajstić information content (AvgIpc) is 2.84. The number of benzene rings is 2. The number of aromatic nitrogens is 2. The monoisotopic (exact) mass is 417 g/mol. The van der Waals surface area contributed by atoms with Crippen molar-refractivity contribution in [2.75, 3.05) is 44.7 Å². The van der Waals surface area contributed by atoms with E-state index in [0.29, 0.717) is 6.54 Å². The van der Waals surface area contributed by atoms with E-state index in [-0.39, 0.29) is 11.9 Å². The quantitative estimate of drug-likeness (QED) is 0.637. The molecule has 7 nitrogen and oxygen atoms in total. The molecule has 0 bridgehead atoms. The van der Waals surface area contributed by atoms with Crippen molar-refractivity contribution >= 4 is 11.9 Å². The summed E-state index contributed by atoms with van der Waals surface area (Å²) in [7, 11) is 1.65. The number of piperazine rings is 1. The zero-order chi connectivity index (χ0) is 21.5. The number of rotatable bonds is 7. The second kappa shape index (κ2) is 10.0. The molecule has 31 heavy (non-hydrogen) atoms. The highest BCUT2D eigenvalue weighted by atomic mass is 16.5. The molecule has 1 aliphatic heterocycles. The highest BCUT2D eigenvalue weighted by Crippen LogP contribution is 2.24. The third-order valence-corrected chi connectivity index (χ3v) is 5.46. The molecule has 4 rings (SSSR count). The van der Waals surface area contributed by atoms with Gasteiger partial charge in [0, 0.05) is 38.6 Å². The number of anilines is 1. The fraction of sp³-hybridized carbons (Fsp3) is 0.292. The third-order valence-electron chi connectivity index (χ3n) is 5.46. The van der Waals surface area contributed by atoms with Crippen molar-refractivity contribution in [1.82, 2.24) is 20.2 Å². The van der Waals surface area contributed by atoms with Crippen LogP contribution >= 0.6 is 0 Å². The van der Waals surface area contributed by atoms with Crippen LogP contribution in [0.4, 0.5) is 5.95 Å². The van der Waals surface area contributed by atoms with Crippen molar-refractivity contribution in [1.29, 1.82) is 0 Å². The van der Waals surface area contributed by atoms with Crippen LogP contribution in [0, 0.1) is 0 Å². The van der Waals surface area contributed by atoms with Crippen molar-refractivity contribution in [3.63, 3.8) is 0 Å². The number of nitrogens with one attached hydrogen (secondary N) is 1. The highest BCUT2D eigenvalue weighted by Gasteiger charge is 2.22. The van der Waals surface area contributed by atoms with E-state index in [1.165, 1.54) is 0 Å². The highest BCUT2D eigenvalue weighted by molar-refractivity contribution is 5.79. The molecule has 1 saturated heterocycles. The Kier molecular flexibility index (Phi) is 6.74. The molecular weight excluding hydrogens is 390 g/mol. The second-order valence-corrected chi connectivity index (χ2v) is 7.50. The van der Waals surface area contributed by atoms with Crippen molar-refractivity contribution in [2.24, 2.45) is 0 Å². The Morgan fingerprint density at radius 2 is 1.58 bits per heavy atom. The molecule has 0 saturated carbocycles. The summed E-state index contributed by atoms with van der Waals surface area (Å²) < 4.78 is 5.27. The van der Waals surface area contributed by atoms with Gasteiger partial charge in [0.25, 0.3) is 0 Å². The number of hydrogen-bond donors (Lipinski definition) is 1. The summed E-state index contributed by atoms with van der Waals surface area (Å²) in [4.78, 5) is 25.9. The predicted octanol–water partition coefficient (Wildman–Crippen LogP) is 2.51. The minimum atomic E-state index is -0.210. The second-order valence-electron chi connectivity index (χ2n) is 7.50. The lowest BCUT2D eigenvalue weighted by atomic mass is 9.98. The summed E-state index contributed by atoms with van der Waals surface area (Å²) in [5.74, 6) is 1.55. The molecule has 7 heteroatoms. The van der Waals surface area contributed by atoms with E-state index in [9.17, 15) is 4.79 Å². The van der Waals surface area contributed by atoms with Crippen LogP contribution in [0.25, 0.3) is 0 Å². The molecule has 0 unspecified atom stereocenters. The zero-order valence-corrected chi connectivity index (χ0v) is 17.6. The van der Waals surface area contributed by atoms with E-state index < -0.39 is 0 Å². The van der Waals surface area contributed by atoms with Crippen LogP contribution in [-0.4, -0.2) is 60.6 Å². The van der Waals surface area contributed by atoms with Gasteiger partial charge in [-0.2, -0.15) is 0 Å². The molecule has 0 radical (unpaired) electrons. The Balaban J connectivity index is 1.39. The molecule has 160 valence electrons. The number of amides is 1. The summed E-state index contributed by atoms with van der Waals surface area (Å²) >= 11 is 0. The molecule has 0 aliphatic carbocycles. The fourth-order valence-corrected chi connectivity index (χ4v) is 3.77. The van der Waals surface area contributed by atoms with Crippen molar-refractivity contribution < 1.29 is 9.53 Å². The summed E-state index contributed by atoms with van der Waals surface area (Å²) in [6, 6.07) is 19.5. The number of carbonyl (C=O) groups excluding carboxylic acids is 1. The van der Waals surface area contributed by atoms with Gasteiger partial charge < -0.3 is 15.0 Å². The van der Waals surface area contributed by atoms with Gasteiger partial charge in [0.1, 0.15) is 5.75 Å². The number of hydrogen-bond acceptors (Lipinski definition) is 6. The molecule has 1 aromatic heterocycles. The van der Waals surface area contributed by atoms with Crippen LogP contribution in [0.1, 0.15) is 17.2 Å². The Morgan fingerprint density at radius 1 is 0.935 bits per heavy atom. The van der Waals surface area contributed by atoms with Gasteiger partial charge in [-0.15, -0.1) is 0 Å². The van der Waals surface area contributed by atoms with Crippen LogP contribution in [-0.2, 0) is 4.79 Å². The molecule has 3 aromatic rings. The van der Waals surface area contributed by atoms with Gasteiger partial charge >= 0.3 is 0 Å². The standard InChI is InChI=1S/C24H27N5O2/c1-31-21-10-8-20(9-11-21)23(19-6-3-2-4-7-19)27-22(30)18-28-14-16-29(17-15-28)24-25-12-5-13-26-24/h2-13,23H,14-18H2,1H3,(H,27,30)/t23-/m0/s1. The minimum absolute atomic E-state index is 0.00841. The van der Waals surface area contributed by atoms with Crippen LogP contribution in [0.2, 0.25) is 0 Å². The number of ether oxygens (including phenoxy) is 1. The first kappa shape index (κ1) is 20.8. The lowest BCUT2D eigenvalue weighted by Crippen LogP contribution is -2.50. The van der Waals surface area contributed by atoms with Gasteiger partial charge in [0.05, 0.1) is 19.7 Å². The van der Waals surface area contributed by atoms with Gasteiger partial charge in [-0.3, -0.25) is 9.69 Å². The van der Waals surface area contributed by atoms with Crippen LogP contribution in [0.5, 0.6) is 5.75 Å². The largest absolute Gasteiger partial charge is 0.497 e. The van der Waals surface area contributed by atoms with E-state index in [4.69, 9.17) is 4.74 Å². The first-order chi connectivity index (χ1) is 15.2. The predicted molar refractivity (Wildman–Crippen MR) is 120 cm³/mol. The molecule has 1 amide bonds. The number of carbonyl (C=O) groups is 1. The lowest BCUT2D eigenvalue weighted by Gasteiger charge is -2.34. The van der Waals surface area contributed by atoms with Crippen LogP contribution in [0.15, 0.2) is 73.1 Å². The van der Waals surface area contributed by atoms with E-state index in [1.807, 2.05) is 60.7 Å². The molecule has 1 fully saturated rings. The summed E-state index contributed by atoms with van der Waals surface area (Å²) in [6.45, 7) is 3.56. The van der Waals surface area contributed by atoms with Gasteiger partial charge in [0.15, 0.2) is 0 Å². The third kappa shape index (κ3) is 5.38. The summed E-state index contributed by atoms with van der Waals surface area (Å²) in [5.41, 5.74) is 2.07. The Morgan fingerprint density at radius 3 is 2.23 bits per heavy atom. The minimum Gasteiger partial charge on any atom is -0.497 e. The van der Waals surface area contributed by atoms with E-state index in [1.54, 1.807) is 19.5 Å². The van der Waals surface area contributed by atoms with E-state index in [2.05, 4.69) is 25.1 Å². The average molecular weight is 418 g/mol. The topological polar surface area (TPSA) is 70.6 Å². The normalized spacial score (nSPS) is 15.3. The van der Waals surface area contributed by atoms with Gasteiger partial charge in [-0.05, 0) is 29.3 Å². The first-order valence-electron chi connectivity index (χ1n) is 10.5. The smallest absolute Gasteiger partial charge is 0.234 e. The Labute approximate surface area is 182 Å². The van der Waals surface area contributed by atoms with Crippen molar-refractivity contribution in [3.8, 4) is 5.75 Å². The van der Waals surface area contributed by atoms with E-state index in [0.717, 1.165) is 49.0 Å². The molecule has 2 heterocycles. The number of methoxy groups -OCH3 is 1. The van der Waals surface area contributed by atoms with Gasteiger partial charge in [-0.25, -0.2) is 9.97 Å². The summed E-state index contributed by atoms with van der Waals surface area (Å²) in [6.07, 6.45) is 3.51. The Bertz CT molecular complexity index is 958. The molecule has 2 aromatic carbocycles. The maximum absolute atomic E-state index is 12.9. The van der Waals surface area contributed by atoms with Crippen LogP contribution in [0.3, 0.4) is 0 Å². The molecule has 1 atom stereocenters. The Hall–Kier alpha value is -3.45. The van der Waals surface area contributed by atoms with Gasteiger partial charge in [-0.1, -0.05) is 42.5 Å². The maximum atomic E-state index is 12.9.